The highest BCUT2D eigenvalue weighted by molar-refractivity contribution is 7.90. The number of nitrogens with one attached hydrogen (secondary N) is 4. The Kier molecular flexibility index (Phi) is 12.9. The Labute approximate surface area is 236 Å². The van der Waals surface area contributed by atoms with Gasteiger partial charge in [-0.2, -0.15) is 0 Å². The van der Waals surface area contributed by atoms with E-state index in [2.05, 4.69) is 43.1 Å². The molecule has 0 unspecified atom stereocenters. The van der Waals surface area contributed by atoms with Gasteiger partial charge in [-0.3, -0.25) is 24.0 Å². The van der Waals surface area contributed by atoms with Gasteiger partial charge in [0.2, 0.25) is 38.6 Å². The number of amides is 4. The van der Waals surface area contributed by atoms with Crippen LogP contribution in [0, 0.1) is 11.8 Å². The van der Waals surface area contributed by atoms with Gasteiger partial charge in [-0.05, 0) is 12.0 Å². The Bertz CT molecular complexity index is 1400. The zero-order valence-electron chi connectivity index (χ0n) is 22.2. The molecule has 14 nitrogen and oxygen atoms in total. The molecule has 0 spiro atoms. The van der Waals surface area contributed by atoms with Gasteiger partial charge in [0.15, 0.2) is 0 Å². The van der Waals surface area contributed by atoms with E-state index in [-0.39, 0.29) is 24.5 Å². The van der Waals surface area contributed by atoms with Crippen LogP contribution in [-0.4, -0.2) is 85.0 Å². The van der Waals surface area contributed by atoms with Crippen molar-refractivity contribution in [2.75, 3.05) is 25.9 Å². The molecule has 41 heavy (non-hydrogen) atoms. The van der Waals surface area contributed by atoms with Gasteiger partial charge >= 0.3 is 5.97 Å². The molecule has 0 radical (unpaired) electrons. The molecule has 0 saturated carbocycles. The smallest absolute Gasteiger partial charge is 0.322 e. The molecule has 1 aromatic heterocycles. The van der Waals surface area contributed by atoms with Crippen LogP contribution in [0.25, 0.3) is 0 Å². The molecule has 2 aromatic rings. The summed E-state index contributed by atoms with van der Waals surface area (Å²) in [5.41, 5.74) is 1.16. The number of nitrogens with zero attached hydrogens (tertiary/aromatic N) is 2. The number of aromatic nitrogens is 2. The molecule has 15 heteroatoms. The maximum absolute atomic E-state index is 12.4. The molecule has 0 saturated heterocycles. The number of hydrogen-bond donors (Lipinski definition) is 5. The van der Waals surface area contributed by atoms with E-state index in [1.807, 2.05) is 0 Å². The summed E-state index contributed by atoms with van der Waals surface area (Å²) in [5, 5.41) is 18.0. The third-order valence-electron chi connectivity index (χ3n) is 5.14. The number of carboxylic acids is 1. The van der Waals surface area contributed by atoms with E-state index in [4.69, 9.17) is 5.11 Å². The highest BCUT2D eigenvalue weighted by Crippen LogP contribution is 2.04. The van der Waals surface area contributed by atoms with E-state index < -0.39 is 58.6 Å². The Hall–Kier alpha value is -4.84. The average molecular weight is 587 g/mol. The molecule has 0 aliphatic rings. The van der Waals surface area contributed by atoms with E-state index in [9.17, 15) is 32.4 Å². The number of carboxylic acid groups (broad SMARTS) is 1. The Balaban J connectivity index is 1.70. The monoisotopic (exact) mass is 586 g/mol. The minimum Gasteiger partial charge on any atom is -0.480 e. The fourth-order valence-corrected chi connectivity index (χ4v) is 3.66. The van der Waals surface area contributed by atoms with Crippen molar-refractivity contribution in [3.05, 3.63) is 53.9 Å². The normalized spacial score (nSPS) is 11.2. The first-order chi connectivity index (χ1) is 19.4. The van der Waals surface area contributed by atoms with Crippen molar-refractivity contribution in [3.8, 4) is 11.8 Å². The first-order valence-electron chi connectivity index (χ1n) is 12.3. The average Bonchev–Trinajstić information content (AvgIpc) is 2.93. The first kappa shape index (κ1) is 32.4. The summed E-state index contributed by atoms with van der Waals surface area (Å²) >= 11 is 0. The number of unbranched alkanes of at least 4 members (excludes halogenated alkanes) is 1. The van der Waals surface area contributed by atoms with Gasteiger partial charge in [0.05, 0.1) is 18.7 Å². The fourth-order valence-electron chi connectivity index (χ4n) is 3.17. The van der Waals surface area contributed by atoms with Crippen LogP contribution in [0.5, 0.6) is 0 Å². The summed E-state index contributed by atoms with van der Waals surface area (Å²) in [4.78, 5) is 67.0. The van der Waals surface area contributed by atoms with Crippen LogP contribution in [-0.2, 0) is 40.2 Å². The molecule has 5 N–H and O–H groups in total. The molecule has 0 fully saturated rings. The lowest BCUT2D eigenvalue weighted by atomic mass is 10.1. The van der Waals surface area contributed by atoms with Gasteiger partial charge < -0.3 is 26.4 Å². The number of carbonyl (C=O) groups is 5. The number of carbonyl (C=O) groups excluding carboxylic acids is 4. The number of sulfone groups is 1. The molecule has 4 amide bonds. The van der Waals surface area contributed by atoms with E-state index in [0.29, 0.717) is 18.4 Å². The topological polar surface area (TPSA) is 214 Å². The molecular formula is C26H30N6O8S. The predicted octanol–water partition coefficient (Wildman–Crippen LogP) is -1.44. The number of aliphatic carboxylic acids is 1. The number of rotatable bonds is 14. The molecule has 0 bridgehead atoms. The number of benzene rings is 1. The van der Waals surface area contributed by atoms with Gasteiger partial charge in [0.1, 0.15) is 12.6 Å². The lowest BCUT2D eigenvalue weighted by molar-refractivity contribution is -0.138. The van der Waals surface area contributed by atoms with Crippen LogP contribution in [0.4, 0.5) is 0 Å². The summed E-state index contributed by atoms with van der Waals surface area (Å²) < 4.78 is 22.7. The second-order valence-corrected chi connectivity index (χ2v) is 10.6. The third kappa shape index (κ3) is 13.2. The molecule has 1 atom stereocenters. The predicted molar refractivity (Wildman–Crippen MR) is 145 cm³/mol. The van der Waals surface area contributed by atoms with Crippen LogP contribution in [0.15, 0.2) is 47.9 Å². The van der Waals surface area contributed by atoms with Gasteiger partial charge in [0.25, 0.3) is 0 Å². The van der Waals surface area contributed by atoms with Gasteiger partial charge in [-0.1, -0.05) is 42.2 Å². The standard InChI is InChI=1S/C26H30N6O8S/c1-41(39,40)26-30-13-19(14-31-26)10-6-3-7-11-21(33)27-15-22(34)28-16-23(35)32-20(25(38)29-17-24(36)37)12-18-8-4-2-5-9-18/h2,4-5,8-9,13-14,20H,3,7,11-12,15-17H2,1H3,(H,27,33)(H,28,34)(H,29,38)(H,32,35)(H,36,37)/t20-/m0/s1. The molecule has 0 aliphatic heterocycles. The molecule has 0 aliphatic carbocycles. The summed E-state index contributed by atoms with van der Waals surface area (Å²) in [6.07, 6.45) is 4.54. The highest BCUT2D eigenvalue weighted by Gasteiger charge is 2.22. The van der Waals surface area contributed by atoms with Crippen LogP contribution in [0.2, 0.25) is 0 Å². The number of hydrogen-bond acceptors (Lipinski definition) is 9. The van der Waals surface area contributed by atoms with Crippen LogP contribution < -0.4 is 21.3 Å². The quantitative estimate of drug-likeness (QED) is 0.0988. The summed E-state index contributed by atoms with van der Waals surface area (Å²) in [7, 11) is -3.50. The Morgan fingerprint density at radius 2 is 1.54 bits per heavy atom. The summed E-state index contributed by atoms with van der Waals surface area (Å²) in [6, 6.07) is 7.72. The molecule has 218 valence electrons. The minimum atomic E-state index is -3.50. The molecule has 2 rings (SSSR count). The van der Waals surface area contributed by atoms with E-state index >= 15 is 0 Å². The molecule has 1 heterocycles. The van der Waals surface area contributed by atoms with E-state index in [1.165, 1.54) is 12.4 Å². The summed E-state index contributed by atoms with van der Waals surface area (Å²) in [5.74, 6) is 1.97. The SMILES string of the molecule is CS(=O)(=O)c1ncc(C#CCCCC(=O)NCC(=O)NCC(=O)N[C@@H](Cc2ccccc2)C(=O)NCC(=O)O)cn1. The van der Waals surface area contributed by atoms with Crippen molar-refractivity contribution in [1.29, 1.82) is 0 Å². The van der Waals surface area contributed by atoms with Gasteiger partial charge in [-0.15, -0.1) is 0 Å². The van der Waals surface area contributed by atoms with Crippen molar-refractivity contribution in [3.63, 3.8) is 0 Å². The van der Waals surface area contributed by atoms with E-state index in [1.54, 1.807) is 30.3 Å². The lowest BCUT2D eigenvalue weighted by Gasteiger charge is -2.18. The largest absolute Gasteiger partial charge is 0.480 e. The van der Waals surface area contributed by atoms with Crippen molar-refractivity contribution < 1.29 is 37.5 Å². The third-order valence-corrected chi connectivity index (χ3v) is 6.01. The van der Waals surface area contributed by atoms with Crippen molar-refractivity contribution in [2.45, 2.75) is 36.9 Å². The zero-order valence-corrected chi connectivity index (χ0v) is 23.0. The van der Waals surface area contributed by atoms with Gasteiger partial charge in [-0.25, -0.2) is 18.4 Å². The Morgan fingerprint density at radius 1 is 0.902 bits per heavy atom. The second kappa shape index (κ2) is 16.3. The maximum Gasteiger partial charge on any atom is 0.322 e. The van der Waals surface area contributed by atoms with Crippen LogP contribution >= 0.6 is 0 Å². The molecule has 1 aromatic carbocycles. The van der Waals surface area contributed by atoms with Crippen molar-refractivity contribution in [1.82, 2.24) is 31.2 Å². The second-order valence-electron chi connectivity index (χ2n) is 8.66. The fraction of sp³-hybridized carbons (Fsp3) is 0.346. The molecular weight excluding hydrogens is 556 g/mol. The summed E-state index contributed by atoms with van der Waals surface area (Å²) in [6.45, 7) is -1.44. The van der Waals surface area contributed by atoms with E-state index in [0.717, 1.165) is 11.8 Å². The highest BCUT2D eigenvalue weighted by atomic mass is 32.2. The Morgan fingerprint density at radius 3 is 2.17 bits per heavy atom. The maximum atomic E-state index is 12.4. The van der Waals surface area contributed by atoms with Crippen LogP contribution in [0.3, 0.4) is 0 Å². The zero-order chi connectivity index (χ0) is 30.3. The lowest BCUT2D eigenvalue weighted by Crippen LogP contribution is -2.51. The van der Waals surface area contributed by atoms with Crippen molar-refractivity contribution in [2.24, 2.45) is 0 Å². The minimum absolute atomic E-state index is 0.0958. The first-order valence-corrected chi connectivity index (χ1v) is 14.2. The van der Waals surface area contributed by atoms with Gasteiger partial charge in [0, 0.05) is 37.9 Å². The van der Waals surface area contributed by atoms with Crippen LogP contribution in [0.1, 0.15) is 30.4 Å². The van der Waals surface area contributed by atoms with Crippen molar-refractivity contribution >= 4 is 39.4 Å².